The maximum atomic E-state index is 10.3. The molecule has 0 aromatic carbocycles. The van der Waals surface area contributed by atoms with Gasteiger partial charge in [0.2, 0.25) is 11.7 Å². The molecule has 3 heterocycles. The Labute approximate surface area is 108 Å². The van der Waals surface area contributed by atoms with Gasteiger partial charge in [-0.05, 0) is 13.0 Å². The SMILES string of the molecule is COc1cc(-c2noc(C3(O)CCNC3)n2)ncn1. The zero-order chi connectivity index (χ0) is 13.3. The van der Waals surface area contributed by atoms with Crippen molar-refractivity contribution in [3.8, 4) is 17.4 Å². The first-order valence-electron chi connectivity index (χ1n) is 5.85. The maximum absolute atomic E-state index is 10.3. The number of hydrogen-bond donors (Lipinski definition) is 2. The van der Waals surface area contributed by atoms with Crippen LogP contribution in [0.2, 0.25) is 0 Å². The zero-order valence-electron chi connectivity index (χ0n) is 10.3. The van der Waals surface area contributed by atoms with Crippen molar-refractivity contribution in [1.82, 2.24) is 25.4 Å². The highest BCUT2D eigenvalue weighted by Gasteiger charge is 2.38. The van der Waals surface area contributed by atoms with E-state index < -0.39 is 5.60 Å². The summed E-state index contributed by atoms with van der Waals surface area (Å²) in [4.78, 5) is 12.1. The summed E-state index contributed by atoms with van der Waals surface area (Å²) in [5, 5.41) is 17.2. The normalized spacial score (nSPS) is 22.6. The summed E-state index contributed by atoms with van der Waals surface area (Å²) in [6, 6.07) is 1.60. The highest BCUT2D eigenvalue weighted by atomic mass is 16.5. The van der Waals surface area contributed by atoms with Gasteiger partial charge < -0.3 is 19.7 Å². The van der Waals surface area contributed by atoms with Crippen LogP contribution in [0.3, 0.4) is 0 Å². The lowest BCUT2D eigenvalue weighted by Crippen LogP contribution is -2.28. The molecule has 0 bridgehead atoms. The minimum atomic E-state index is -1.09. The topological polar surface area (TPSA) is 106 Å². The van der Waals surface area contributed by atoms with E-state index in [0.29, 0.717) is 30.4 Å². The molecule has 2 aromatic heterocycles. The second kappa shape index (κ2) is 4.56. The van der Waals surface area contributed by atoms with Crippen molar-refractivity contribution in [3.63, 3.8) is 0 Å². The van der Waals surface area contributed by atoms with Crippen LogP contribution in [-0.2, 0) is 5.60 Å². The fraction of sp³-hybridized carbons (Fsp3) is 0.455. The van der Waals surface area contributed by atoms with Crippen molar-refractivity contribution < 1.29 is 14.4 Å². The molecule has 8 nitrogen and oxygen atoms in total. The highest BCUT2D eigenvalue weighted by molar-refractivity contribution is 5.49. The summed E-state index contributed by atoms with van der Waals surface area (Å²) >= 11 is 0. The first kappa shape index (κ1) is 12.0. The molecule has 0 saturated carbocycles. The lowest BCUT2D eigenvalue weighted by Gasteiger charge is -2.14. The Morgan fingerprint density at radius 2 is 2.37 bits per heavy atom. The summed E-state index contributed by atoms with van der Waals surface area (Å²) in [6.45, 7) is 1.12. The molecular formula is C11H13N5O3. The summed E-state index contributed by atoms with van der Waals surface area (Å²) in [6.07, 6.45) is 1.90. The molecule has 1 aliphatic heterocycles. The molecule has 100 valence electrons. The molecule has 1 fully saturated rings. The highest BCUT2D eigenvalue weighted by Crippen LogP contribution is 2.27. The summed E-state index contributed by atoms with van der Waals surface area (Å²) in [5.41, 5.74) is -0.612. The third kappa shape index (κ3) is 2.15. The summed E-state index contributed by atoms with van der Waals surface area (Å²) in [7, 11) is 1.51. The van der Waals surface area contributed by atoms with Crippen LogP contribution in [0.5, 0.6) is 5.88 Å². The van der Waals surface area contributed by atoms with Gasteiger partial charge in [-0.15, -0.1) is 0 Å². The van der Waals surface area contributed by atoms with E-state index in [1.54, 1.807) is 6.07 Å². The van der Waals surface area contributed by atoms with Crippen molar-refractivity contribution in [2.24, 2.45) is 0 Å². The second-order valence-electron chi connectivity index (χ2n) is 4.33. The van der Waals surface area contributed by atoms with E-state index >= 15 is 0 Å². The van der Waals surface area contributed by atoms with Crippen LogP contribution in [0.4, 0.5) is 0 Å². The molecule has 2 N–H and O–H groups in total. The van der Waals surface area contributed by atoms with E-state index in [1.807, 2.05) is 0 Å². The lowest BCUT2D eigenvalue weighted by molar-refractivity contribution is 0.0243. The van der Waals surface area contributed by atoms with Gasteiger partial charge in [-0.3, -0.25) is 0 Å². The third-order valence-corrected chi connectivity index (χ3v) is 3.04. The van der Waals surface area contributed by atoms with Crippen molar-refractivity contribution in [2.45, 2.75) is 12.0 Å². The second-order valence-corrected chi connectivity index (χ2v) is 4.33. The third-order valence-electron chi connectivity index (χ3n) is 3.04. The first-order valence-corrected chi connectivity index (χ1v) is 5.85. The number of rotatable bonds is 3. The monoisotopic (exact) mass is 263 g/mol. The number of aromatic nitrogens is 4. The molecule has 0 aliphatic carbocycles. The fourth-order valence-corrected chi connectivity index (χ4v) is 1.95. The van der Waals surface area contributed by atoms with Crippen LogP contribution < -0.4 is 10.1 Å². The number of nitrogens with zero attached hydrogens (tertiary/aromatic N) is 4. The van der Waals surface area contributed by atoms with Gasteiger partial charge in [-0.25, -0.2) is 9.97 Å². The van der Waals surface area contributed by atoms with E-state index in [2.05, 4.69) is 25.4 Å². The predicted molar refractivity (Wildman–Crippen MR) is 63.3 cm³/mol. The molecule has 1 aliphatic rings. The fourth-order valence-electron chi connectivity index (χ4n) is 1.95. The number of hydrogen-bond acceptors (Lipinski definition) is 8. The van der Waals surface area contributed by atoms with E-state index in [9.17, 15) is 5.11 Å². The largest absolute Gasteiger partial charge is 0.481 e. The molecular weight excluding hydrogens is 250 g/mol. The van der Waals surface area contributed by atoms with Crippen LogP contribution >= 0.6 is 0 Å². The molecule has 0 spiro atoms. The molecule has 19 heavy (non-hydrogen) atoms. The Kier molecular flexibility index (Phi) is 2.88. The van der Waals surface area contributed by atoms with Crippen molar-refractivity contribution in [2.75, 3.05) is 20.2 Å². The van der Waals surface area contributed by atoms with Gasteiger partial charge >= 0.3 is 0 Å². The maximum Gasteiger partial charge on any atom is 0.260 e. The Morgan fingerprint density at radius 1 is 1.47 bits per heavy atom. The molecule has 1 saturated heterocycles. The molecule has 0 radical (unpaired) electrons. The Bertz CT molecular complexity index is 579. The molecule has 2 aromatic rings. The first-order chi connectivity index (χ1) is 9.21. The standard InChI is InChI=1S/C11H13N5O3/c1-18-8-4-7(13-6-14-8)9-15-10(19-16-9)11(17)2-3-12-5-11/h4,6,12,17H,2-3,5H2,1H3. The predicted octanol–water partition coefficient (Wildman–Crippen LogP) is -0.284. The average Bonchev–Trinajstić information content (AvgIpc) is 3.08. The van der Waals surface area contributed by atoms with Crippen molar-refractivity contribution >= 4 is 0 Å². The Hall–Kier alpha value is -2.06. The van der Waals surface area contributed by atoms with Crippen LogP contribution in [-0.4, -0.2) is 45.4 Å². The molecule has 1 atom stereocenters. The molecule has 1 unspecified atom stereocenters. The number of methoxy groups -OCH3 is 1. The average molecular weight is 263 g/mol. The van der Waals surface area contributed by atoms with Gasteiger partial charge in [-0.1, -0.05) is 5.16 Å². The minimum Gasteiger partial charge on any atom is -0.481 e. The Morgan fingerprint density at radius 3 is 3.11 bits per heavy atom. The van der Waals surface area contributed by atoms with Crippen LogP contribution in [0.25, 0.3) is 11.5 Å². The Balaban J connectivity index is 1.92. The van der Waals surface area contributed by atoms with Crippen LogP contribution in [0, 0.1) is 0 Å². The number of nitrogens with one attached hydrogen (secondary N) is 1. The quantitative estimate of drug-likeness (QED) is 0.778. The van der Waals surface area contributed by atoms with Crippen molar-refractivity contribution in [3.05, 3.63) is 18.3 Å². The van der Waals surface area contributed by atoms with Crippen LogP contribution in [0.1, 0.15) is 12.3 Å². The molecule has 0 amide bonds. The smallest absolute Gasteiger partial charge is 0.260 e. The minimum absolute atomic E-state index is 0.199. The number of ether oxygens (including phenoxy) is 1. The van der Waals surface area contributed by atoms with Gasteiger partial charge in [0.1, 0.15) is 12.0 Å². The van der Waals surface area contributed by atoms with Gasteiger partial charge in [0.25, 0.3) is 5.89 Å². The summed E-state index contributed by atoms with van der Waals surface area (Å²) < 4.78 is 10.1. The van der Waals surface area contributed by atoms with Gasteiger partial charge in [-0.2, -0.15) is 4.98 Å². The number of aliphatic hydroxyl groups is 1. The van der Waals surface area contributed by atoms with E-state index in [1.165, 1.54) is 13.4 Å². The molecule has 3 rings (SSSR count). The van der Waals surface area contributed by atoms with Crippen molar-refractivity contribution in [1.29, 1.82) is 0 Å². The van der Waals surface area contributed by atoms with E-state index in [-0.39, 0.29) is 5.89 Å². The van der Waals surface area contributed by atoms with Crippen LogP contribution in [0.15, 0.2) is 16.9 Å². The lowest BCUT2D eigenvalue weighted by atomic mass is 10.0. The van der Waals surface area contributed by atoms with Gasteiger partial charge in [0, 0.05) is 12.6 Å². The number of β-amino-alcohol motifs (C(OH)–C–C–N with tert-alkyl or cyclic N) is 1. The summed E-state index contributed by atoms with van der Waals surface area (Å²) in [5.74, 6) is 0.915. The van der Waals surface area contributed by atoms with Gasteiger partial charge in [0.05, 0.1) is 7.11 Å². The van der Waals surface area contributed by atoms with Gasteiger partial charge in [0.15, 0.2) is 5.60 Å². The van der Waals surface area contributed by atoms with E-state index in [4.69, 9.17) is 9.26 Å². The van der Waals surface area contributed by atoms with E-state index in [0.717, 1.165) is 6.54 Å². The zero-order valence-corrected chi connectivity index (χ0v) is 10.3. The molecule has 8 heteroatoms.